The number of hydrogen-bond donors (Lipinski definition) is 3. The van der Waals surface area contributed by atoms with Crippen LogP contribution >= 0.6 is 11.3 Å². The maximum Gasteiger partial charge on any atom is 0.319 e. The molecule has 0 saturated heterocycles. The molecule has 1 aromatic heterocycles. The molecular weight excluding hydrogens is 432 g/mol. The fraction of sp³-hybridized carbons (Fsp3) is 0.273. The number of fused-ring (bicyclic) bond motifs is 1. The molecule has 168 valence electrons. The Hall–Kier alpha value is -3.66. The van der Waals surface area contributed by atoms with Crippen LogP contribution in [0.1, 0.15) is 31.9 Å². The van der Waals surface area contributed by atoms with Gasteiger partial charge >= 0.3 is 12.0 Å². The Labute approximate surface area is 189 Å². The number of urea groups is 1. The Bertz CT molecular complexity index is 1120. The number of anilines is 2. The first-order chi connectivity index (χ1) is 15.4. The molecule has 1 heterocycles. The number of aromatic nitrogens is 1. The normalized spacial score (nSPS) is 11.5. The lowest BCUT2D eigenvalue weighted by Gasteiger charge is -2.19. The van der Waals surface area contributed by atoms with E-state index < -0.39 is 18.0 Å². The van der Waals surface area contributed by atoms with E-state index in [2.05, 4.69) is 20.9 Å². The summed E-state index contributed by atoms with van der Waals surface area (Å²) in [6.07, 6.45) is 0.00253. The lowest BCUT2D eigenvalue weighted by atomic mass is 10.0. The van der Waals surface area contributed by atoms with Gasteiger partial charge in [-0.15, -0.1) is 0 Å². The third kappa shape index (κ3) is 5.94. The highest BCUT2D eigenvalue weighted by atomic mass is 32.1. The van der Waals surface area contributed by atoms with Gasteiger partial charge < -0.3 is 25.4 Å². The van der Waals surface area contributed by atoms with E-state index in [-0.39, 0.29) is 18.9 Å². The average molecular weight is 457 g/mol. The van der Waals surface area contributed by atoms with Crippen LogP contribution in [0.2, 0.25) is 0 Å². The zero-order valence-electron chi connectivity index (χ0n) is 17.9. The standard InChI is InChI=1S/C22H24N4O5S/c1-4-31-19(28)12-16(14-8-6-5-7-9-14)25-21(29)24-15-10-17(30-3)20-18(11-15)32-22(26-20)23-13(2)27/h5-11,16H,4,12H2,1-3H3,(H,23,26,27)(H2,24,25,29). The molecule has 3 rings (SSSR count). The molecule has 0 saturated carbocycles. The van der Waals surface area contributed by atoms with Crippen LogP contribution in [0.3, 0.4) is 0 Å². The van der Waals surface area contributed by atoms with E-state index in [1.165, 1.54) is 25.4 Å². The number of amides is 3. The molecule has 0 fully saturated rings. The van der Waals surface area contributed by atoms with E-state index in [1.54, 1.807) is 19.1 Å². The fourth-order valence-electron chi connectivity index (χ4n) is 3.08. The van der Waals surface area contributed by atoms with Crippen LogP contribution in [0.15, 0.2) is 42.5 Å². The van der Waals surface area contributed by atoms with Crippen molar-refractivity contribution in [3.05, 3.63) is 48.0 Å². The van der Waals surface area contributed by atoms with Crippen LogP contribution < -0.4 is 20.7 Å². The molecule has 0 aliphatic rings. The quantitative estimate of drug-likeness (QED) is 0.440. The molecule has 32 heavy (non-hydrogen) atoms. The molecule has 0 aliphatic heterocycles. The van der Waals surface area contributed by atoms with E-state index in [1.807, 2.05) is 30.3 Å². The van der Waals surface area contributed by atoms with Crippen LogP contribution in [0.4, 0.5) is 15.6 Å². The molecule has 9 nitrogen and oxygen atoms in total. The monoisotopic (exact) mass is 456 g/mol. The van der Waals surface area contributed by atoms with Crippen LogP contribution in [0.5, 0.6) is 5.75 Å². The highest BCUT2D eigenvalue weighted by Gasteiger charge is 2.20. The van der Waals surface area contributed by atoms with Gasteiger partial charge in [0.05, 0.1) is 30.9 Å². The number of hydrogen-bond acceptors (Lipinski definition) is 7. The zero-order chi connectivity index (χ0) is 23.1. The summed E-state index contributed by atoms with van der Waals surface area (Å²) in [6.45, 7) is 3.40. The molecule has 1 atom stereocenters. The van der Waals surface area contributed by atoms with Gasteiger partial charge in [0.2, 0.25) is 5.91 Å². The number of benzene rings is 2. The second-order valence-corrected chi connectivity index (χ2v) is 7.83. The summed E-state index contributed by atoms with van der Waals surface area (Å²) in [5.41, 5.74) is 1.84. The van der Waals surface area contributed by atoms with Gasteiger partial charge in [0.25, 0.3) is 0 Å². The van der Waals surface area contributed by atoms with Crippen molar-refractivity contribution in [3.63, 3.8) is 0 Å². The maximum absolute atomic E-state index is 12.7. The smallest absolute Gasteiger partial charge is 0.319 e. The Balaban J connectivity index is 1.79. The first kappa shape index (κ1) is 23.0. The molecule has 0 spiro atoms. The molecule has 3 aromatic rings. The van der Waals surface area contributed by atoms with E-state index in [4.69, 9.17) is 9.47 Å². The van der Waals surface area contributed by atoms with Gasteiger partial charge in [-0.1, -0.05) is 41.7 Å². The predicted molar refractivity (Wildman–Crippen MR) is 123 cm³/mol. The van der Waals surface area contributed by atoms with Gasteiger partial charge in [0.1, 0.15) is 11.3 Å². The molecular formula is C22H24N4O5S. The van der Waals surface area contributed by atoms with Crippen molar-refractivity contribution >= 4 is 50.3 Å². The summed E-state index contributed by atoms with van der Waals surface area (Å²) in [4.78, 5) is 40.5. The summed E-state index contributed by atoms with van der Waals surface area (Å²) in [5, 5.41) is 8.68. The SMILES string of the molecule is CCOC(=O)CC(NC(=O)Nc1cc(OC)c2nc(NC(C)=O)sc2c1)c1ccccc1. The second-order valence-electron chi connectivity index (χ2n) is 6.80. The van der Waals surface area contributed by atoms with E-state index >= 15 is 0 Å². The Morgan fingerprint density at radius 1 is 1.12 bits per heavy atom. The Morgan fingerprint density at radius 3 is 2.53 bits per heavy atom. The van der Waals surface area contributed by atoms with Crippen molar-refractivity contribution in [2.24, 2.45) is 0 Å². The molecule has 0 aliphatic carbocycles. The molecule has 1 unspecified atom stereocenters. The van der Waals surface area contributed by atoms with Gasteiger partial charge in [0, 0.05) is 18.7 Å². The third-order valence-corrected chi connectivity index (χ3v) is 5.32. The zero-order valence-corrected chi connectivity index (χ0v) is 18.7. The summed E-state index contributed by atoms with van der Waals surface area (Å²) in [6, 6.07) is 11.5. The number of nitrogens with zero attached hydrogens (tertiary/aromatic N) is 1. The predicted octanol–water partition coefficient (Wildman–Crippen LogP) is 4.08. The van der Waals surface area contributed by atoms with Crippen molar-refractivity contribution in [3.8, 4) is 5.75 Å². The van der Waals surface area contributed by atoms with Gasteiger partial charge in [-0.2, -0.15) is 0 Å². The van der Waals surface area contributed by atoms with Crippen molar-refractivity contribution in [2.75, 3.05) is 24.4 Å². The summed E-state index contributed by atoms with van der Waals surface area (Å²) < 4.78 is 11.2. The largest absolute Gasteiger partial charge is 0.494 e. The van der Waals surface area contributed by atoms with Crippen molar-refractivity contribution < 1.29 is 23.9 Å². The van der Waals surface area contributed by atoms with E-state index in [9.17, 15) is 14.4 Å². The number of rotatable bonds is 8. The van der Waals surface area contributed by atoms with Gasteiger partial charge in [-0.3, -0.25) is 9.59 Å². The molecule has 0 bridgehead atoms. The Morgan fingerprint density at radius 2 is 1.88 bits per heavy atom. The molecule has 3 N–H and O–H groups in total. The van der Waals surface area contributed by atoms with Crippen LogP contribution in [-0.4, -0.2) is 36.6 Å². The van der Waals surface area contributed by atoms with Gasteiger partial charge in [0.15, 0.2) is 5.13 Å². The van der Waals surface area contributed by atoms with E-state index in [0.29, 0.717) is 22.1 Å². The summed E-state index contributed by atoms with van der Waals surface area (Å²) in [5.74, 6) is -0.175. The number of methoxy groups -OCH3 is 1. The topological polar surface area (TPSA) is 119 Å². The molecule has 3 amide bonds. The number of thiazole rings is 1. The van der Waals surface area contributed by atoms with Crippen LogP contribution in [-0.2, 0) is 14.3 Å². The number of carbonyl (C=O) groups is 3. The lowest BCUT2D eigenvalue weighted by Crippen LogP contribution is -2.34. The second kappa shape index (κ2) is 10.6. The minimum absolute atomic E-state index is 0.00253. The molecule has 2 aromatic carbocycles. The Kier molecular flexibility index (Phi) is 7.61. The lowest BCUT2D eigenvalue weighted by molar-refractivity contribution is -0.143. The van der Waals surface area contributed by atoms with Crippen molar-refractivity contribution in [1.29, 1.82) is 0 Å². The minimum atomic E-state index is -0.560. The average Bonchev–Trinajstić information content (AvgIpc) is 3.15. The number of carbonyl (C=O) groups excluding carboxylic acids is 3. The number of esters is 1. The first-order valence-electron chi connectivity index (χ1n) is 9.93. The minimum Gasteiger partial charge on any atom is -0.494 e. The number of ether oxygens (including phenoxy) is 2. The van der Waals surface area contributed by atoms with Crippen molar-refractivity contribution in [2.45, 2.75) is 26.3 Å². The fourth-order valence-corrected chi connectivity index (χ4v) is 4.05. The van der Waals surface area contributed by atoms with Crippen LogP contribution in [0.25, 0.3) is 10.2 Å². The number of nitrogens with one attached hydrogen (secondary N) is 3. The summed E-state index contributed by atoms with van der Waals surface area (Å²) >= 11 is 1.27. The van der Waals surface area contributed by atoms with Crippen LogP contribution in [0, 0.1) is 0 Å². The third-order valence-electron chi connectivity index (χ3n) is 4.40. The maximum atomic E-state index is 12.7. The highest BCUT2D eigenvalue weighted by molar-refractivity contribution is 7.22. The first-order valence-corrected chi connectivity index (χ1v) is 10.8. The van der Waals surface area contributed by atoms with Gasteiger partial charge in [-0.25, -0.2) is 9.78 Å². The van der Waals surface area contributed by atoms with Crippen molar-refractivity contribution in [1.82, 2.24) is 10.3 Å². The molecule has 10 heteroatoms. The van der Waals surface area contributed by atoms with E-state index in [0.717, 1.165) is 10.3 Å². The summed E-state index contributed by atoms with van der Waals surface area (Å²) in [7, 11) is 1.50. The highest BCUT2D eigenvalue weighted by Crippen LogP contribution is 2.35. The van der Waals surface area contributed by atoms with Gasteiger partial charge in [-0.05, 0) is 18.6 Å². The molecule has 0 radical (unpaired) electrons.